The molecule has 2 rings (SSSR count). The zero-order valence-electron chi connectivity index (χ0n) is 7.84. The Balaban J connectivity index is 2.46. The fraction of sp³-hybridized carbons (Fsp3) is 0.400. The van der Waals surface area contributed by atoms with Crippen LogP contribution in [0, 0.1) is 5.82 Å². The van der Waals surface area contributed by atoms with Crippen LogP contribution in [0.4, 0.5) is 10.1 Å². The summed E-state index contributed by atoms with van der Waals surface area (Å²) >= 11 is 0. The van der Waals surface area contributed by atoms with Gasteiger partial charge in [0.2, 0.25) is 0 Å². The summed E-state index contributed by atoms with van der Waals surface area (Å²) in [5.41, 5.74) is 2.19. The Morgan fingerprint density at radius 3 is 3.00 bits per heavy atom. The molecule has 70 valence electrons. The van der Waals surface area contributed by atoms with Gasteiger partial charge in [-0.2, -0.15) is 0 Å². The third-order valence-electron chi connectivity index (χ3n) is 2.58. The number of benzene rings is 1. The minimum Gasteiger partial charge on any atom is -0.372 e. The summed E-state index contributed by atoms with van der Waals surface area (Å²) in [4.78, 5) is 2.13. The molecular formula is C10H13FN2. The number of likely N-dealkylation sites (N-methyl/N-ethyl adjacent to an activating group) is 2. The highest BCUT2D eigenvalue weighted by Crippen LogP contribution is 2.33. The van der Waals surface area contributed by atoms with Crippen LogP contribution in [0.25, 0.3) is 0 Å². The summed E-state index contributed by atoms with van der Waals surface area (Å²) in [5.74, 6) is -0.158. The lowest BCUT2D eigenvalue weighted by atomic mass is 10.1. The molecule has 1 aliphatic heterocycles. The molecule has 0 radical (unpaired) electrons. The zero-order chi connectivity index (χ0) is 9.42. The summed E-state index contributed by atoms with van der Waals surface area (Å²) in [6, 6.07) is 5.21. The van der Waals surface area contributed by atoms with Crippen molar-refractivity contribution in [3.63, 3.8) is 0 Å². The van der Waals surface area contributed by atoms with Crippen molar-refractivity contribution in [1.29, 1.82) is 0 Å². The first-order valence-electron chi connectivity index (χ1n) is 4.40. The summed E-state index contributed by atoms with van der Waals surface area (Å²) in [6.07, 6.45) is 0. The first kappa shape index (κ1) is 8.51. The highest BCUT2D eigenvalue weighted by Gasteiger charge is 2.24. The number of hydrogen-bond acceptors (Lipinski definition) is 2. The second-order valence-corrected chi connectivity index (χ2v) is 3.42. The molecule has 1 heterocycles. The van der Waals surface area contributed by atoms with Crippen molar-refractivity contribution in [3.05, 3.63) is 29.6 Å². The van der Waals surface area contributed by atoms with Crippen molar-refractivity contribution in [2.45, 2.75) is 6.04 Å². The van der Waals surface area contributed by atoms with E-state index in [0.717, 1.165) is 17.8 Å². The number of anilines is 1. The van der Waals surface area contributed by atoms with Gasteiger partial charge in [-0.3, -0.25) is 0 Å². The lowest BCUT2D eigenvalue weighted by molar-refractivity contribution is 0.605. The Kier molecular flexibility index (Phi) is 1.96. The summed E-state index contributed by atoms with van der Waals surface area (Å²) < 4.78 is 13.0. The molecular weight excluding hydrogens is 167 g/mol. The first-order chi connectivity index (χ1) is 6.22. The van der Waals surface area contributed by atoms with E-state index in [1.807, 2.05) is 20.2 Å². The molecule has 2 nitrogen and oxygen atoms in total. The van der Waals surface area contributed by atoms with E-state index in [-0.39, 0.29) is 11.9 Å². The highest BCUT2D eigenvalue weighted by atomic mass is 19.1. The van der Waals surface area contributed by atoms with Crippen molar-refractivity contribution in [1.82, 2.24) is 5.32 Å². The molecule has 13 heavy (non-hydrogen) atoms. The third-order valence-corrected chi connectivity index (χ3v) is 2.58. The Hall–Kier alpha value is -1.09. The molecule has 0 amide bonds. The monoisotopic (exact) mass is 180 g/mol. The van der Waals surface area contributed by atoms with Gasteiger partial charge in [0.15, 0.2) is 0 Å². The molecule has 0 saturated heterocycles. The van der Waals surface area contributed by atoms with Crippen LogP contribution in [-0.4, -0.2) is 20.6 Å². The van der Waals surface area contributed by atoms with Crippen LogP contribution in [0.1, 0.15) is 11.6 Å². The Bertz CT molecular complexity index is 325. The van der Waals surface area contributed by atoms with Crippen molar-refractivity contribution in [3.8, 4) is 0 Å². The van der Waals surface area contributed by atoms with Gasteiger partial charge in [-0.25, -0.2) is 4.39 Å². The van der Waals surface area contributed by atoms with E-state index >= 15 is 0 Å². The molecule has 3 heteroatoms. The van der Waals surface area contributed by atoms with E-state index in [9.17, 15) is 4.39 Å². The van der Waals surface area contributed by atoms with Gasteiger partial charge >= 0.3 is 0 Å². The van der Waals surface area contributed by atoms with E-state index in [2.05, 4.69) is 10.2 Å². The maximum absolute atomic E-state index is 13.0. The van der Waals surface area contributed by atoms with E-state index < -0.39 is 0 Å². The number of fused-ring (bicyclic) bond motifs is 1. The van der Waals surface area contributed by atoms with Gasteiger partial charge in [0.05, 0.1) is 6.04 Å². The fourth-order valence-corrected chi connectivity index (χ4v) is 1.87. The molecule has 0 aromatic heterocycles. The predicted molar refractivity (Wildman–Crippen MR) is 51.5 cm³/mol. The first-order valence-corrected chi connectivity index (χ1v) is 4.40. The molecule has 1 unspecified atom stereocenters. The molecule has 1 aliphatic rings. The van der Waals surface area contributed by atoms with Gasteiger partial charge < -0.3 is 10.2 Å². The van der Waals surface area contributed by atoms with Crippen LogP contribution in [0.2, 0.25) is 0 Å². The average molecular weight is 180 g/mol. The lowest BCUT2D eigenvalue weighted by Gasteiger charge is -2.11. The lowest BCUT2D eigenvalue weighted by Crippen LogP contribution is -2.22. The SMILES string of the molecule is CNC1CN(C)c2ccc(F)cc21. The summed E-state index contributed by atoms with van der Waals surface area (Å²) in [5, 5.41) is 3.17. The molecule has 0 bridgehead atoms. The van der Waals surface area contributed by atoms with Gasteiger partial charge in [-0.05, 0) is 30.8 Å². The van der Waals surface area contributed by atoms with E-state index in [1.165, 1.54) is 6.07 Å². The molecule has 0 spiro atoms. The van der Waals surface area contributed by atoms with Gasteiger partial charge in [0.1, 0.15) is 5.82 Å². The molecule has 1 aromatic carbocycles. The second-order valence-electron chi connectivity index (χ2n) is 3.42. The van der Waals surface area contributed by atoms with Crippen LogP contribution in [-0.2, 0) is 0 Å². The van der Waals surface area contributed by atoms with Crippen LogP contribution in [0.5, 0.6) is 0 Å². The second kappa shape index (κ2) is 3.00. The number of halogens is 1. The maximum Gasteiger partial charge on any atom is 0.123 e. The van der Waals surface area contributed by atoms with Crippen LogP contribution in [0.3, 0.4) is 0 Å². The van der Waals surface area contributed by atoms with Gasteiger partial charge in [-0.1, -0.05) is 0 Å². The predicted octanol–water partition coefficient (Wildman–Crippen LogP) is 1.54. The van der Waals surface area contributed by atoms with Crippen molar-refractivity contribution in [2.75, 3.05) is 25.5 Å². The van der Waals surface area contributed by atoms with E-state index in [4.69, 9.17) is 0 Å². The Labute approximate surface area is 77.4 Å². The van der Waals surface area contributed by atoms with Crippen molar-refractivity contribution < 1.29 is 4.39 Å². The van der Waals surface area contributed by atoms with Crippen LogP contribution in [0.15, 0.2) is 18.2 Å². The molecule has 1 aromatic rings. The number of nitrogens with zero attached hydrogens (tertiary/aromatic N) is 1. The van der Waals surface area contributed by atoms with Gasteiger partial charge in [-0.15, -0.1) is 0 Å². The van der Waals surface area contributed by atoms with Gasteiger partial charge in [0, 0.05) is 19.3 Å². The average Bonchev–Trinajstić information content (AvgIpc) is 2.42. The summed E-state index contributed by atoms with van der Waals surface area (Å²) in [7, 11) is 3.92. The molecule has 0 saturated carbocycles. The van der Waals surface area contributed by atoms with E-state index in [0.29, 0.717) is 0 Å². The molecule has 1 atom stereocenters. The maximum atomic E-state index is 13.0. The van der Waals surface area contributed by atoms with Gasteiger partial charge in [0.25, 0.3) is 0 Å². The minimum absolute atomic E-state index is 0.158. The zero-order valence-corrected chi connectivity index (χ0v) is 7.84. The Morgan fingerprint density at radius 1 is 1.54 bits per heavy atom. The van der Waals surface area contributed by atoms with Crippen molar-refractivity contribution >= 4 is 5.69 Å². The quantitative estimate of drug-likeness (QED) is 0.705. The minimum atomic E-state index is -0.158. The molecule has 1 N–H and O–H groups in total. The number of rotatable bonds is 1. The third kappa shape index (κ3) is 1.29. The molecule has 0 aliphatic carbocycles. The van der Waals surface area contributed by atoms with Crippen molar-refractivity contribution in [2.24, 2.45) is 0 Å². The number of nitrogens with one attached hydrogen (secondary N) is 1. The largest absolute Gasteiger partial charge is 0.372 e. The Morgan fingerprint density at radius 2 is 2.31 bits per heavy atom. The highest BCUT2D eigenvalue weighted by molar-refractivity contribution is 5.59. The smallest absolute Gasteiger partial charge is 0.123 e. The molecule has 0 fully saturated rings. The number of hydrogen-bond donors (Lipinski definition) is 1. The summed E-state index contributed by atoms with van der Waals surface area (Å²) in [6.45, 7) is 0.912. The standard InChI is InChI=1S/C10H13FN2/c1-12-9-6-13(2)10-4-3-7(11)5-8(9)10/h3-5,9,12H,6H2,1-2H3. The van der Waals surface area contributed by atoms with E-state index in [1.54, 1.807) is 6.07 Å². The van der Waals surface area contributed by atoms with Crippen LogP contribution < -0.4 is 10.2 Å². The fourth-order valence-electron chi connectivity index (χ4n) is 1.87. The topological polar surface area (TPSA) is 15.3 Å². The van der Waals surface area contributed by atoms with Crippen LogP contribution >= 0.6 is 0 Å². The normalized spacial score (nSPS) is 20.5.